The Labute approximate surface area is 122 Å². The molecule has 0 aliphatic carbocycles. The van der Waals surface area contributed by atoms with Crippen molar-refractivity contribution < 1.29 is 4.79 Å². The molecule has 0 fully saturated rings. The van der Waals surface area contributed by atoms with Crippen LogP contribution >= 0.6 is 0 Å². The summed E-state index contributed by atoms with van der Waals surface area (Å²) in [5, 5.41) is 0. The molecular weight excluding hydrogens is 248 g/mol. The number of hydrogen-bond donors (Lipinski definition) is 0. The fourth-order valence-electron chi connectivity index (χ4n) is 2.72. The zero-order valence-corrected chi connectivity index (χ0v) is 13.6. The van der Waals surface area contributed by atoms with Gasteiger partial charge in [0, 0.05) is 25.7 Å². The highest BCUT2D eigenvalue weighted by Gasteiger charge is 2.27. The summed E-state index contributed by atoms with van der Waals surface area (Å²) in [7, 11) is 5.99. The molecule has 110 valence electrons. The second kappa shape index (κ2) is 5.21. The Morgan fingerprint density at radius 2 is 1.90 bits per heavy atom. The molecule has 2 rings (SSSR count). The van der Waals surface area contributed by atoms with Crippen LogP contribution in [0.4, 0.5) is 0 Å². The van der Waals surface area contributed by atoms with Crippen LogP contribution in [0.5, 0.6) is 0 Å². The predicted molar refractivity (Wildman–Crippen MR) is 83.2 cm³/mol. The van der Waals surface area contributed by atoms with Gasteiger partial charge < -0.3 is 9.80 Å². The third-order valence-corrected chi connectivity index (χ3v) is 3.93. The lowest BCUT2D eigenvalue weighted by Gasteiger charge is -2.30. The summed E-state index contributed by atoms with van der Waals surface area (Å²) in [5.74, 6) is 0.170. The van der Waals surface area contributed by atoms with Crippen LogP contribution in [0.15, 0.2) is 12.1 Å². The van der Waals surface area contributed by atoms with E-state index in [1.165, 1.54) is 11.1 Å². The molecule has 3 nitrogen and oxygen atoms in total. The van der Waals surface area contributed by atoms with Crippen molar-refractivity contribution in [3.05, 3.63) is 34.4 Å². The van der Waals surface area contributed by atoms with Gasteiger partial charge in [0.15, 0.2) is 0 Å². The van der Waals surface area contributed by atoms with Crippen molar-refractivity contribution in [3.63, 3.8) is 0 Å². The van der Waals surface area contributed by atoms with E-state index >= 15 is 0 Å². The van der Waals surface area contributed by atoms with Gasteiger partial charge >= 0.3 is 0 Å². The van der Waals surface area contributed by atoms with E-state index < -0.39 is 0 Å². The van der Waals surface area contributed by atoms with E-state index in [2.05, 4.69) is 37.8 Å². The molecule has 0 radical (unpaired) electrons. The standard InChI is InChI=1S/C17H26N2O/c1-17(2,3)14-9-12-7-8-19(6)16(20)15(12)13(10-14)11-18(4)5/h9-10H,7-8,11H2,1-6H3. The van der Waals surface area contributed by atoms with Crippen LogP contribution in [-0.4, -0.2) is 43.4 Å². The summed E-state index contributed by atoms with van der Waals surface area (Å²) in [4.78, 5) is 16.4. The molecule has 1 aromatic carbocycles. The van der Waals surface area contributed by atoms with E-state index in [-0.39, 0.29) is 11.3 Å². The Bertz CT molecular complexity index is 527. The van der Waals surface area contributed by atoms with Crippen LogP contribution in [0.25, 0.3) is 0 Å². The van der Waals surface area contributed by atoms with Crippen molar-refractivity contribution in [2.24, 2.45) is 0 Å². The molecule has 1 amide bonds. The highest BCUT2D eigenvalue weighted by molar-refractivity contribution is 5.98. The van der Waals surface area contributed by atoms with Crippen molar-refractivity contribution in [2.45, 2.75) is 39.2 Å². The number of amides is 1. The van der Waals surface area contributed by atoms with Gasteiger partial charge in [-0.2, -0.15) is 0 Å². The normalized spacial score (nSPS) is 15.8. The lowest BCUT2D eigenvalue weighted by Crippen LogP contribution is -2.36. The molecule has 0 spiro atoms. The molecule has 1 heterocycles. The van der Waals surface area contributed by atoms with Crippen LogP contribution in [0.2, 0.25) is 0 Å². The van der Waals surface area contributed by atoms with Crippen molar-refractivity contribution in [3.8, 4) is 0 Å². The lowest BCUT2D eigenvalue weighted by atomic mass is 9.81. The Morgan fingerprint density at radius 1 is 1.25 bits per heavy atom. The topological polar surface area (TPSA) is 23.6 Å². The minimum atomic E-state index is 0.114. The molecule has 0 bridgehead atoms. The quantitative estimate of drug-likeness (QED) is 0.828. The smallest absolute Gasteiger partial charge is 0.254 e. The summed E-state index contributed by atoms with van der Waals surface area (Å²) < 4.78 is 0. The van der Waals surface area contributed by atoms with E-state index in [0.717, 1.165) is 30.6 Å². The van der Waals surface area contributed by atoms with Crippen LogP contribution in [0.1, 0.15) is 47.8 Å². The first-order chi connectivity index (χ1) is 9.20. The number of likely N-dealkylation sites (N-methyl/N-ethyl adjacent to an activating group) is 1. The molecule has 1 aliphatic heterocycles. The Hall–Kier alpha value is -1.35. The molecule has 0 atom stereocenters. The second-order valence-corrected chi connectivity index (χ2v) is 7.13. The molecule has 0 unspecified atom stereocenters. The first-order valence-corrected chi connectivity index (χ1v) is 7.26. The number of carbonyl (C=O) groups excluding carboxylic acids is 1. The van der Waals surface area contributed by atoms with E-state index in [9.17, 15) is 4.79 Å². The van der Waals surface area contributed by atoms with Crippen molar-refractivity contribution >= 4 is 5.91 Å². The Balaban J connectivity index is 2.59. The van der Waals surface area contributed by atoms with Gasteiger partial charge in [-0.05, 0) is 42.6 Å². The van der Waals surface area contributed by atoms with Crippen molar-refractivity contribution in [2.75, 3.05) is 27.7 Å². The zero-order valence-electron chi connectivity index (χ0n) is 13.6. The molecule has 0 aromatic heterocycles. The van der Waals surface area contributed by atoms with E-state index in [0.29, 0.717) is 0 Å². The average Bonchev–Trinajstić information content (AvgIpc) is 2.31. The van der Waals surface area contributed by atoms with Gasteiger partial charge in [-0.1, -0.05) is 32.9 Å². The van der Waals surface area contributed by atoms with Crippen molar-refractivity contribution in [1.82, 2.24) is 9.80 Å². The number of benzene rings is 1. The summed E-state index contributed by atoms with van der Waals surface area (Å²) in [6.07, 6.45) is 0.960. The fraction of sp³-hybridized carbons (Fsp3) is 0.588. The maximum Gasteiger partial charge on any atom is 0.254 e. The average molecular weight is 274 g/mol. The Morgan fingerprint density at radius 3 is 2.45 bits per heavy atom. The van der Waals surface area contributed by atoms with Gasteiger partial charge in [0.2, 0.25) is 0 Å². The largest absolute Gasteiger partial charge is 0.341 e. The molecule has 0 N–H and O–H groups in total. The molecule has 0 saturated carbocycles. The van der Waals surface area contributed by atoms with E-state index in [1.54, 1.807) is 0 Å². The first-order valence-electron chi connectivity index (χ1n) is 7.26. The van der Waals surface area contributed by atoms with Gasteiger partial charge in [0.1, 0.15) is 0 Å². The fourth-order valence-corrected chi connectivity index (χ4v) is 2.72. The summed E-state index contributed by atoms with van der Waals surface area (Å²) in [6.45, 7) is 8.31. The van der Waals surface area contributed by atoms with Gasteiger partial charge in [0.05, 0.1) is 0 Å². The van der Waals surface area contributed by atoms with Crippen LogP contribution < -0.4 is 0 Å². The molecule has 0 saturated heterocycles. The minimum Gasteiger partial charge on any atom is -0.341 e. The van der Waals surface area contributed by atoms with Gasteiger partial charge in [-0.25, -0.2) is 0 Å². The highest BCUT2D eigenvalue weighted by Crippen LogP contribution is 2.30. The summed E-state index contributed by atoms with van der Waals surface area (Å²) >= 11 is 0. The molecule has 20 heavy (non-hydrogen) atoms. The minimum absolute atomic E-state index is 0.114. The third kappa shape index (κ3) is 2.88. The SMILES string of the molecule is CN(C)Cc1cc(C(C)(C)C)cc2c1C(=O)N(C)CC2. The summed E-state index contributed by atoms with van der Waals surface area (Å²) in [6, 6.07) is 4.45. The number of rotatable bonds is 2. The predicted octanol–water partition coefficient (Wildman–Crippen LogP) is 2.67. The third-order valence-electron chi connectivity index (χ3n) is 3.93. The molecule has 1 aromatic rings. The van der Waals surface area contributed by atoms with Gasteiger partial charge in [-0.3, -0.25) is 4.79 Å². The first kappa shape index (κ1) is 15.0. The summed E-state index contributed by atoms with van der Waals surface area (Å²) in [5.41, 5.74) is 4.75. The maximum atomic E-state index is 12.5. The van der Waals surface area contributed by atoms with Crippen LogP contribution in [0.3, 0.4) is 0 Å². The van der Waals surface area contributed by atoms with E-state index in [4.69, 9.17) is 0 Å². The lowest BCUT2D eigenvalue weighted by molar-refractivity contribution is 0.0778. The van der Waals surface area contributed by atoms with Crippen molar-refractivity contribution in [1.29, 1.82) is 0 Å². The number of hydrogen-bond acceptors (Lipinski definition) is 2. The maximum absolute atomic E-state index is 12.5. The number of fused-ring (bicyclic) bond motifs is 1. The van der Waals surface area contributed by atoms with Crippen LogP contribution in [-0.2, 0) is 18.4 Å². The highest BCUT2D eigenvalue weighted by atomic mass is 16.2. The van der Waals surface area contributed by atoms with Gasteiger partial charge in [0.25, 0.3) is 5.91 Å². The van der Waals surface area contributed by atoms with Gasteiger partial charge in [-0.15, -0.1) is 0 Å². The molecular formula is C17H26N2O. The van der Waals surface area contributed by atoms with Crippen LogP contribution in [0, 0.1) is 0 Å². The zero-order chi connectivity index (χ0) is 15.1. The molecule has 3 heteroatoms. The van der Waals surface area contributed by atoms with E-state index in [1.807, 2.05) is 26.0 Å². The Kier molecular flexibility index (Phi) is 3.92. The number of carbonyl (C=O) groups is 1. The second-order valence-electron chi connectivity index (χ2n) is 7.13. The number of nitrogens with zero attached hydrogens (tertiary/aromatic N) is 2. The molecule has 1 aliphatic rings. The monoisotopic (exact) mass is 274 g/mol.